The first kappa shape index (κ1) is 18.6. The van der Waals surface area contributed by atoms with Crippen molar-refractivity contribution in [3.63, 3.8) is 0 Å². The summed E-state index contributed by atoms with van der Waals surface area (Å²) in [5.41, 5.74) is 1.58. The van der Waals surface area contributed by atoms with Gasteiger partial charge in [0.25, 0.3) is 5.56 Å². The van der Waals surface area contributed by atoms with Crippen molar-refractivity contribution in [2.45, 2.75) is 0 Å². The highest BCUT2D eigenvalue weighted by molar-refractivity contribution is 6.50. The molecule has 1 N–H and O–H groups in total. The number of carbonyl (C=O) groups is 1. The number of nitrogens with one attached hydrogen (secondary N) is 1. The second-order valence-corrected chi connectivity index (χ2v) is 6.46. The molecule has 4 aromatic rings. The summed E-state index contributed by atoms with van der Waals surface area (Å²) in [6.07, 6.45) is 3.24. The SMILES string of the molecule is COC(=O)c1ccc2c(=O)[nH]c(C(Cl)=Cc3cn(-c4ccccc4)nn3)nc2c1. The summed E-state index contributed by atoms with van der Waals surface area (Å²) >= 11 is 6.36. The molecule has 0 aliphatic carbocycles. The summed E-state index contributed by atoms with van der Waals surface area (Å²) in [5.74, 6) is -0.366. The highest BCUT2D eigenvalue weighted by atomic mass is 35.5. The number of aromatic nitrogens is 5. The van der Waals surface area contributed by atoms with Crippen LogP contribution in [0.2, 0.25) is 0 Å². The summed E-state index contributed by atoms with van der Waals surface area (Å²) < 4.78 is 6.31. The van der Waals surface area contributed by atoms with E-state index in [1.807, 2.05) is 30.3 Å². The lowest BCUT2D eigenvalue weighted by Crippen LogP contribution is -2.11. The first-order valence-corrected chi connectivity index (χ1v) is 8.90. The van der Waals surface area contributed by atoms with Crippen LogP contribution >= 0.6 is 11.6 Å². The van der Waals surface area contributed by atoms with E-state index in [0.717, 1.165) is 5.69 Å². The molecule has 0 radical (unpaired) electrons. The summed E-state index contributed by atoms with van der Waals surface area (Å²) in [6, 6.07) is 14.0. The van der Waals surface area contributed by atoms with Crippen LogP contribution in [0.1, 0.15) is 21.9 Å². The quantitative estimate of drug-likeness (QED) is 0.521. The second kappa shape index (κ2) is 7.69. The van der Waals surface area contributed by atoms with Crippen molar-refractivity contribution in [3.05, 3.63) is 82.2 Å². The molecule has 2 heterocycles. The Morgan fingerprint density at radius 2 is 2.00 bits per heavy atom. The van der Waals surface area contributed by atoms with Crippen LogP contribution in [-0.4, -0.2) is 38.0 Å². The summed E-state index contributed by atoms with van der Waals surface area (Å²) in [4.78, 5) is 31.1. The molecule has 4 rings (SSSR count). The fourth-order valence-corrected chi connectivity index (χ4v) is 2.95. The lowest BCUT2D eigenvalue weighted by molar-refractivity contribution is 0.0601. The van der Waals surface area contributed by atoms with Crippen LogP contribution in [-0.2, 0) is 4.74 Å². The predicted octanol–water partition coefficient (Wildman–Crippen LogP) is 3.03. The Labute approximate surface area is 169 Å². The standard InChI is InChI=1S/C20H14ClN5O3/c1-29-20(28)12-7-8-15-17(9-12)22-18(23-19(15)27)16(21)10-13-11-26(25-24-13)14-5-3-2-4-6-14/h2-11H,1H3,(H,22,23,27). The number of aromatic amines is 1. The Morgan fingerprint density at radius 3 is 2.76 bits per heavy atom. The van der Waals surface area contributed by atoms with Gasteiger partial charge in [-0.3, -0.25) is 4.79 Å². The lowest BCUT2D eigenvalue weighted by Gasteiger charge is -2.04. The molecule has 9 heteroatoms. The Balaban J connectivity index is 1.71. The van der Waals surface area contributed by atoms with Gasteiger partial charge in [0.2, 0.25) is 0 Å². The number of H-pyrrole nitrogens is 1. The van der Waals surface area contributed by atoms with Crippen LogP contribution in [0.15, 0.2) is 59.5 Å². The number of para-hydroxylation sites is 1. The zero-order chi connectivity index (χ0) is 20.4. The van der Waals surface area contributed by atoms with E-state index in [4.69, 9.17) is 16.3 Å². The van der Waals surface area contributed by atoms with Gasteiger partial charge in [-0.1, -0.05) is 35.0 Å². The summed E-state index contributed by atoms with van der Waals surface area (Å²) in [6.45, 7) is 0. The maximum absolute atomic E-state index is 12.4. The third-order valence-corrected chi connectivity index (χ3v) is 4.45. The van der Waals surface area contributed by atoms with Gasteiger partial charge in [0.05, 0.1) is 40.5 Å². The Morgan fingerprint density at radius 1 is 1.21 bits per heavy atom. The summed E-state index contributed by atoms with van der Waals surface area (Å²) in [5, 5.41) is 8.63. The molecule has 0 aliphatic heterocycles. The largest absolute Gasteiger partial charge is 0.465 e. The molecule has 0 saturated heterocycles. The molecule has 0 fully saturated rings. The molecule has 144 valence electrons. The third-order valence-electron chi connectivity index (χ3n) is 4.16. The van der Waals surface area contributed by atoms with Crippen LogP contribution in [0.5, 0.6) is 0 Å². The predicted molar refractivity (Wildman–Crippen MR) is 109 cm³/mol. The molecule has 0 saturated carbocycles. The molecule has 0 aliphatic rings. The number of esters is 1. The van der Waals surface area contributed by atoms with Gasteiger partial charge < -0.3 is 9.72 Å². The number of rotatable bonds is 4. The number of benzene rings is 2. The van der Waals surface area contributed by atoms with Gasteiger partial charge in [0, 0.05) is 0 Å². The van der Waals surface area contributed by atoms with Crippen LogP contribution in [0.4, 0.5) is 0 Å². The van der Waals surface area contributed by atoms with Crippen LogP contribution < -0.4 is 5.56 Å². The van der Waals surface area contributed by atoms with E-state index in [-0.39, 0.29) is 22.0 Å². The highest BCUT2D eigenvalue weighted by Crippen LogP contribution is 2.20. The zero-order valence-electron chi connectivity index (χ0n) is 15.2. The zero-order valence-corrected chi connectivity index (χ0v) is 15.9. The molecular formula is C20H14ClN5O3. The second-order valence-electron chi connectivity index (χ2n) is 6.05. The van der Waals surface area contributed by atoms with E-state index in [1.165, 1.54) is 25.3 Å². The molecule has 0 amide bonds. The van der Waals surface area contributed by atoms with Gasteiger partial charge in [-0.2, -0.15) is 0 Å². The number of ether oxygens (including phenoxy) is 1. The number of halogens is 1. The molecule has 0 atom stereocenters. The van der Waals surface area contributed by atoms with Gasteiger partial charge in [-0.05, 0) is 36.4 Å². The first-order valence-electron chi connectivity index (χ1n) is 8.53. The van der Waals surface area contributed by atoms with Crippen molar-refractivity contribution in [2.24, 2.45) is 0 Å². The maximum atomic E-state index is 12.4. The van der Waals surface area contributed by atoms with Crippen molar-refractivity contribution in [2.75, 3.05) is 7.11 Å². The average molecular weight is 408 g/mol. The number of nitrogens with zero attached hydrogens (tertiary/aromatic N) is 4. The first-order chi connectivity index (χ1) is 14.0. The van der Waals surface area contributed by atoms with E-state index < -0.39 is 5.97 Å². The van der Waals surface area contributed by atoms with Crippen LogP contribution in [0, 0.1) is 0 Å². The Bertz CT molecular complexity index is 1290. The number of methoxy groups -OCH3 is 1. The maximum Gasteiger partial charge on any atom is 0.337 e. The van der Waals surface area contributed by atoms with E-state index in [0.29, 0.717) is 16.6 Å². The van der Waals surface area contributed by atoms with Crippen molar-refractivity contribution >= 4 is 39.6 Å². The fraction of sp³-hybridized carbons (Fsp3) is 0.0500. The Hall–Kier alpha value is -3.78. The lowest BCUT2D eigenvalue weighted by atomic mass is 10.1. The molecule has 0 spiro atoms. The minimum atomic E-state index is -0.519. The van der Waals surface area contributed by atoms with E-state index in [9.17, 15) is 9.59 Å². The molecular weight excluding hydrogens is 394 g/mol. The number of fused-ring (bicyclic) bond motifs is 1. The topological polar surface area (TPSA) is 103 Å². The minimum absolute atomic E-state index is 0.153. The van der Waals surface area contributed by atoms with Crippen LogP contribution in [0.25, 0.3) is 27.7 Å². The molecule has 2 aromatic heterocycles. The normalized spacial score (nSPS) is 11.6. The van der Waals surface area contributed by atoms with Gasteiger partial charge in [0.15, 0.2) is 5.82 Å². The van der Waals surface area contributed by atoms with Gasteiger partial charge in [-0.15, -0.1) is 5.10 Å². The van der Waals surface area contributed by atoms with Crippen molar-refractivity contribution in [3.8, 4) is 5.69 Å². The molecule has 0 unspecified atom stereocenters. The molecule has 8 nitrogen and oxygen atoms in total. The van der Waals surface area contributed by atoms with Gasteiger partial charge >= 0.3 is 5.97 Å². The van der Waals surface area contributed by atoms with Crippen LogP contribution in [0.3, 0.4) is 0 Å². The summed E-state index contributed by atoms with van der Waals surface area (Å²) in [7, 11) is 1.28. The minimum Gasteiger partial charge on any atom is -0.465 e. The molecule has 0 bridgehead atoms. The van der Waals surface area contributed by atoms with E-state index in [2.05, 4.69) is 20.3 Å². The van der Waals surface area contributed by atoms with Gasteiger partial charge in [-0.25, -0.2) is 14.5 Å². The molecule has 2 aromatic carbocycles. The van der Waals surface area contributed by atoms with Crippen molar-refractivity contribution in [1.82, 2.24) is 25.0 Å². The van der Waals surface area contributed by atoms with Crippen molar-refractivity contribution < 1.29 is 9.53 Å². The van der Waals surface area contributed by atoms with E-state index >= 15 is 0 Å². The smallest absolute Gasteiger partial charge is 0.337 e. The average Bonchev–Trinajstić information content (AvgIpc) is 3.21. The van der Waals surface area contributed by atoms with Gasteiger partial charge in [0.1, 0.15) is 5.69 Å². The Kier molecular flexibility index (Phi) is 4.92. The van der Waals surface area contributed by atoms with Crippen molar-refractivity contribution in [1.29, 1.82) is 0 Å². The third kappa shape index (κ3) is 3.78. The number of hydrogen-bond donors (Lipinski definition) is 1. The number of hydrogen-bond acceptors (Lipinski definition) is 6. The molecule has 29 heavy (non-hydrogen) atoms. The highest BCUT2D eigenvalue weighted by Gasteiger charge is 2.12. The fourth-order valence-electron chi connectivity index (χ4n) is 2.75. The monoisotopic (exact) mass is 407 g/mol. The van der Waals surface area contributed by atoms with E-state index in [1.54, 1.807) is 17.0 Å². The number of carbonyl (C=O) groups excluding carboxylic acids is 1.